The van der Waals surface area contributed by atoms with E-state index in [9.17, 15) is 18.0 Å². The van der Waals surface area contributed by atoms with Crippen molar-refractivity contribution in [2.24, 2.45) is 0 Å². The first-order valence-corrected chi connectivity index (χ1v) is 13.2. The number of piperidine rings is 1. The number of alkyl halides is 3. The number of hydrogen-bond acceptors (Lipinski definition) is 4. The molecule has 0 aliphatic carbocycles. The minimum absolute atomic E-state index is 0.00611. The Morgan fingerprint density at radius 2 is 1.97 bits per heavy atom. The zero-order valence-corrected chi connectivity index (χ0v) is 22.3. The molecule has 1 saturated heterocycles. The summed E-state index contributed by atoms with van der Waals surface area (Å²) in [4.78, 5) is 17.9. The van der Waals surface area contributed by atoms with E-state index < -0.39 is 17.6 Å². The van der Waals surface area contributed by atoms with Gasteiger partial charge in [-0.15, -0.1) is 11.8 Å². The van der Waals surface area contributed by atoms with Crippen LogP contribution in [0, 0.1) is 0 Å². The molecule has 1 amide bonds. The van der Waals surface area contributed by atoms with Crippen molar-refractivity contribution in [1.29, 1.82) is 0 Å². The monoisotopic (exact) mass is 547 g/mol. The molecule has 0 saturated carbocycles. The number of amides is 1. The SMILES string of the molecule is CCSc1ccc(Cl)cc1CNC(=O)c1cc(Cl)c(CN2CCC[C@@H](N(C)C)C2)c(C(F)(F)F)c1. The fourth-order valence-electron chi connectivity index (χ4n) is 4.26. The molecule has 2 aromatic rings. The summed E-state index contributed by atoms with van der Waals surface area (Å²) in [6.45, 7) is 3.61. The summed E-state index contributed by atoms with van der Waals surface area (Å²) in [5.41, 5.74) is -0.182. The number of likely N-dealkylation sites (tertiary alicyclic amines) is 1. The van der Waals surface area contributed by atoms with Gasteiger partial charge in [0.05, 0.1) is 5.56 Å². The van der Waals surface area contributed by atoms with Crippen molar-refractivity contribution < 1.29 is 18.0 Å². The van der Waals surface area contributed by atoms with E-state index in [1.165, 1.54) is 6.07 Å². The number of carbonyl (C=O) groups excluding carboxylic acids is 1. The first kappa shape index (κ1) is 28.1. The van der Waals surface area contributed by atoms with Gasteiger partial charge in [0.1, 0.15) is 0 Å². The first-order chi connectivity index (χ1) is 16.5. The molecule has 0 radical (unpaired) electrons. The molecule has 0 spiro atoms. The highest BCUT2D eigenvalue weighted by Gasteiger charge is 2.36. The lowest BCUT2D eigenvalue weighted by atomic mass is 9.99. The highest BCUT2D eigenvalue weighted by Crippen LogP contribution is 2.37. The molecule has 0 unspecified atom stereocenters. The van der Waals surface area contributed by atoms with Gasteiger partial charge in [-0.1, -0.05) is 30.1 Å². The van der Waals surface area contributed by atoms with E-state index in [-0.39, 0.29) is 35.3 Å². The molecule has 1 heterocycles. The maximum absolute atomic E-state index is 14.0. The summed E-state index contributed by atoms with van der Waals surface area (Å²) in [6.07, 6.45) is -2.72. The average molecular weight is 549 g/mol. The lowest BCUT2D eigenvalue weighted by Crippen LogP contribution is -2.44. The van der Waals surface area contributed by atoms with Crippen LogP contribution in [-0.2, 0) is 19.3 Å². The van der Waals surface area contributed by atoms with Crippen LogP contribution in [0.1, 0.15) is 46.8 Å². The molecule has 35 heavy (non-hydrogen) atoms. The van der Waals surface area contributed by atoms with Gasteiger partial charge in [-0.05, 0) is 80.7 Å². The molecule has 10 heteroatoms. The zero-order chi connectivity index (χ0) is 25.8. The van der Waals surface area contributed by atoms with Gasteiger partial charge in [0.15, 0.2) is 0 Å². The number of nitrogens with zero attached hydrogens (tertiary/aromatic N) is 2. The third-order valence-corrected chi connectivity index (χ3v) is 7.69. The Hall–Kier alpha value is -1.45. The molecular weight excluding hydrogens is 518 g/mol. The summed E-state index contributed by atoms with van der Waals surface area (Å²) < 4.78 is 42.1. The average Bonchev–Trinajstić information content (AvgIpc) is 2.79. The van der Waals surface area contributed by atoms with Crippen molar-refractivity contribution in [2.75, 3.05) is 32.9 Å². The minimum atomic E-state index is -4.64. The van der Waals surface area contributed by atoms with E-state index in [1.54, 1.807) is 23.9 Å². The molecule has 1 aliphatic heterocycles. The van der Waals surface area contributed by atoms with Gasteiger partial charge in [0, 0.05) is 46.2 Å². The second-order valence-electron chi connectivity index (χ2n) is 8.84. The van der Waals surface area contributed by atoms with Crippen LogP contribution in [-0.4, -0.2) is 54.7 Å². The number of likely N-dealkylation sites (N-methyl/N-ethyl adjacent to an activating group) is 1. The van der Waals surface area contributed by atoms with E-state index in [0.717, 1.165) is 35.1 Å². The first-order valence-electron chi connectivity index (χ1n) is 11.5. The quantitative estimate of drug-likeness (QED) is 0.378. The largest absolute Gasteiger partial charge is 0.416 e. The summed E-state index contributed by atoms with van der Waals surface area (Å²) in [6, 6.07) is 7.90. The van der Waals surface area contributed by atoms with Crippen molar-refractivity contribution in [2.45, 2.75) is 50.0 Å². The van der Waals surface area contributed by atoms with Crippen molar-refractivity contribution in [3.05, 3.63) is 62.6 Å². The van der Waals surface area contributed by atoms with E-state index in [0.29, 0.717) is 18.1 Å². The summed E-state index contributed by atoms with van der Waals surface area (Å²) in [5.74, 6) is 0.211. The van der Waals surface area contributed by atoms with Crippen LogP contribution in [0.3, 0.4) is 0 Å². The van der Waals surface area contributed by atoms with E-state index >= 15 is 0 Å². The number of nitrogens with one attached hydrogen (secondary N) is 1. The van der Waals surface area contributed by atoms with Gasteiger partial charge in [0.25, 0.3) is 5.91 Å². The van der Waals surface area contributed by atoms with Gasteiger partial charge in [-0.25, -0.2) is 0 Å². The van der Waals surface area contributed by atoms with Crippen LogP contribution in [0.5, 0.6) is 0 Å². The lowest BCUT2D eigenvalue weighted by molar-refractivity contribution is -0.138. The molecule has 1 fully saturated rings. The normalized spacial score (nSPS) is 17.1. The summed E-state index contributed by atoms with van der Waals surface area (Å²) >= 11 is 14.1. The van der Waals surface area contributed by atoms with E-state index in [4.69, 9.17) is 23.2 Å². The Kier molecular flexibility index (Phi) is 9.80. The molecule has 1 atom stereocenters. The molecule has 1 aliphatic rings. The number of benzene rings is 2. The van der Waals surface area contributed by atoms with Gasteiger partial charge < -0.3 is 10.2 Å². The van der Waals surface area contributed by atoms with Crippen molar-refractivity contribution in [3.63, 3.8) is 0 Å². The van der Waals surface area contributed by atoms with Gasteiger partial charge in [-0.3, -0.25) is 9.69 Å². The van der Waals surface area contributed by atoms with Crippen molar-refractivity contribution in [1.82, 2.24) is 15.1 Å². The molecule has 4 nitrogen and oxygen atoms in total. The Bertz CT molecular complexity index is 1050. The molecule has 2 aromatic carbocycles. The highest BCUT2D eigenvalue weighted by atomic mass is 35.5. The van der Waals surface area contributed by atoms with E-state index in [2.05, 4.69) is 10.2 Å². The predicted octanol–water partition coefficient (Wildman–Crippen LogP) is 6.58. The summed E-state index contributed by atoms with van der Waals surface area (Å²) in [7, 11) is 3.95. The van der Waals surface area contributed by atoms with Crippen LogP contribution in [0.2, 0.25) is 10.0 Å². The van der Waals surface area contributed by atoms with E-state index in [1.807, 2.05) is 32.0 Å². The topological polar surface area (TPSA) is 35.6 Å². The maximum Gasteiger partial charge on any atom is 0.416 e. The van der Waals surface area contributed by atoms with Gasteiger partial charge in [0.2, 0.25) is 0 Å². The number of thioether (sulfide) groups is 1. The minimum Gasteiger partial charge on any atom is -0.348 e. The second-order valence-corrected chi connectivity index (χ2v) is 11.0. The van der Waals surface area contributed by atoms with Crippen molar-refractivity contribution in [3.8, 4) is 0 Å². The van der Waals surface area contributed by atoms with Crippen LogP contribution < -0.4 is 5.32 Å². The Labute approximate surface area is 219 Å². The Morgan fingerprint density at radius 1 is 1.23 bits per heavy atom. The zero-order valence-electron chi connectivity index (χ0n) is 20.0. The fourth-order valence-corrected chi connectivity index (χ4v) is 5.53. The molecular formula is C25H30Cl2F3N3OS. The molecule has 0 bridgehead atoms. The highest BCUT2D eigenvalue weighted by molar-refractivity contribution is 7.99. The van der Waals surface area contributed by atoms with Crippen LogP contribution >= 0.6 is 35.0 Å². The Balaban J connectivity index is 1.82. The number of hydrogen-bond donors (Lipinski definition) is 1. The molecule has 1 N–H and O–H groups in total. The lowest BCUT2D eigenvalue weighted by Gasteiger charge is -2.36. The fraction of sp³-hybridized carbons (Fsp3) is 0.480. The van der Waals surface area contributed by atoms with Crippen LogP contribution in [0.25, 0.3) is 0 Å². The maximum atomic E-state index is 14.0. The van der Waals surface area contributed by atoms with Crippen LogP contribution in [0.15, 0.2) is 35.2 Å². The predicted molar refractivity (Wildman–Crippen MR) is 137 cm³/mol. The van der Waals surface area contributed by atoms with Gasteiger partial charge >= 0.3 is 6.18 Å². The standard InChI is InChI=1S/C25H30Cl2F3N3OS/c1-4-35-23-8-7-18(26)10-17(23)13-31-24(34)16-11-21(25(28,29)30)20(22(27)12-16)15-33-9-5-6-19(14-33)32(2)3/h7-8,10-12,19H,4-6,9,13-15H2,1-3H3,(H,31,34)/t19-/m1/s1. The third kappa shape index (κ3) is 7.52. The molecule has 192 valence electrons. The number of rotatable bonds is 8. The molecule has 0 aromatic heterocycles. The smallest absolute Gasteiger partial charge is 0.348 e. The Morgan fingerprint density at radius 3 is 2.63 bits per heavy atom. The second kappa shape index (κ2) is 12.2. The number of halogens is 5. The molecule has 3 rings (SSSR count). The van der Waals surface area contributed by atoms with Gasteiger partial charge in [-0.2, -0.15) is 13.2 Å². The summed E-state index contributed by atoms with van der Waals surface area (Å²) in [5, 5.41) is 3.18. The third-order valence-electron chi connectivity index (χ3n) is 6.12. The van der Waals surface area contributed by atoms with Crippen LogP contribution in [0.4, 0.5) is 13.2 Å². The van der Waals surface area contributed by atoms with Crippen molar-refractivity contribution >= 4 is 40.9 Å². The number of carbonyl (C=O) groups is 1.